The largest absolute Gasteiger partial charge is 0.491 e. The molecule has 1 unspecified atom stereocenters. The van der Waals surface area contributed by atoms with Crippen molar-refractivity contribution in [2.24, 2.45) is 0 Å². The van der Waals surface area contributed by atoms with Crippen LogP contribution in [0.15, 0.2) is 22.7 Å². The minimum Gasteiger partial charge on any atom is -0.491 e. The van der Waals surface area contributed by atoms with E-state index < -0.39 is 12.0 Å². The van der Waals surface area contributed by atoms with E-state index in [0.717, 1.165) is 4.47 Å². The third kappa shape index (κ3) is 4.94. The molecule has 0 aromatic heterocycles. The third-order valence-corrected chi connectivity index (χ3v) is 3.85. The summed E-state index contributed by atoms with van der Waals surface area (Å²) in [6.07, 6.45) is -0.134. The summed E-state index contributed by atoms with van der Waals surface area (Å²) in [6.45, 7) is 4.84. The van der Waals surface area contributed by atoms with Gasteiger partial charge in [-0.3, -0.25) is 9.59 Å². The highest BCUT2D eigenvalue weighted by molar-refractivity contribution is 9.10. The molecule has 1 heterocycles. The van der Waals surface area contributed by atoms with Crippen LogP contribution in [0.4, 0.5) is 0 Å². The van der Waals surface area contributed by atoms with E-state index in [-0.39, 0.29) is 25.0 Å². The molecule has 0 radical (unpaired) electrons. The highest BCUT2D eigenvalue weighted by Crippen LogP contribution is 2.25. The minimum atomic E-state index is -0.948. The number of morpholine rings is 1. The first-order valence-corrected chi connectivity index (χ1v) is 8.24. The summed E-state index contributed by atoms with van der Waals surface area (Å²) >= 11 is 3.38. The Morgan fingerprint density at radius 1 is 1.43 bits per heavy atom. The summed E-state index contributed by atoms with van der Waals surface area (Å²) in [7, 11) is 0. The number of carboxylic acid groups (broad SMARTS) is 1. The lowest BCUT2D eigenvalue weighted by molar-refractivity contribution is -0.139. The average Bonchev–Trinajstić information content (AvgIpc) is 2.45. The van der Waals surface area contributed by atoms with Crippen molar-refractivity contribution in [3.63, 3.8) is 0 Å². The third-order valence-electron chi connectivity index (χ3n) is 3.39. The van der Waals surface area contributed by atoms with Gasteiger partial charge >= 0.3 is 5.97 Å². The maximum absolute atomic E-state index is 12.8. The molecule has 1 aromatic rings. The molecular formula is C16H20BrNO5. The van der Waals surface area contributed by atoms with E-state index in [0.29, 0.717) is 24.5 Å². The topological polar surface area (TPSA) is 76.1 Å². The number of ether oxygens (including phenoxy) is 2. The lowest BCUT2D eigenvalue weighted by Gasteiger charge is -2.35. The van der Waals surface area contributed by atoms with E-state index in [9.17, 15) is 9.59 Å². The Morgan fingerprint density at radius 2 is 2.17 bits per heavy atom. The van der Waals surface area contributed by atoms with Crippen molar-refractivity contribution < 1.29 is 24.2 Å². The van der Waals surface area contributed by atoms with E-state index in [1.54, 1.807) is 23.1 Å². The molecule has 126 valence electrons. The SMILES string of the molecule is CC(C)Oc1cc(Br)cc(C(=O)N2CCOCC2CC(=O)O)c1. The molecule has 0 aliphatic carbocycles. The highest BCUT2D eigenvalue weighted by atomic mass is 79.9. The number of hydrogen-bond donors (Lipinski definition) is 1. The number of carbonyl (C=O) groups excluding carboxylic acids is 1. The second-order valence-electron chi connectivity index (χ2n) is 5.67. The van der Waals surface area contributed by atoms with E-state index in [1.807, 2.05) is 13.8 Å². The molecule has 6 nitrogen and oxygen atoms in total. The van der Waals surface area contributed by atoms with Crippen LogP contribution >= 0.6 is 15.9 Å². The molecule has 1 saturated heterocycles. The van der Waals surface area contributed by atoms with Crippen molar-refractivity contribution in [1.29, 1.82) is 0 Å². The Bertz CT molecular complexity index is 590. The van der Waals surface area contributed by atoms with Gasteiger partial charge in [0.25, 0.3) is 5.91 Å². The van der Waals surface area contributed by atoms with Crippen LogP contribution in [-0.2, 0) is 9.53 Å². The number of halogens is 1. The summed E-state index contributed by atoms with van der Waals surface area (Å²) in [4.78, 5) is 25.3. The average molecular weight is 386 g/mol. The van der Waals surface area contributed by atoms with Crippen molar-refractivity contribution in [3.05, 3.63) is 28.2 Å². The monoisotopic (exact) mass is 385 g/mol. The van der Waals surface area contributed by atoms with Crippen molar-refractivity contribution >= 4 is 27.8 Å². The Hall–Kier alpha value is -1.60. The molecule has 1 fully saturated rings. The lowest BCUT2D eigenvalue weighted by Crippen LogP contribution is -2.49. The van der Waals surface area contributed by atoms with Gasteiger partial charge in [-0.1, -0.05) is 15.9 Å². The van der Waals surface area contributed by atoms with Crippen molar-refractivity contribution in [2.75, 3.05) is 19.8 Å². The molecule has 0 saturated carbocycles. The Morgan fingerprint density at radius 3 is 2.83 bits per heavy atom. The van der Waals surface area contributed by atoms with Gasteiger partial charge in [-0.2, -0.15) is 0 Å². The van der Waals surface area contributed by atoms with Gasteiger partial charge in [0.05, 0.1) is 31.8 Å². The second kappa shape index (κ2) is 7.79. The smallest absolute Gasteiger partial charge is 0.305 e. The Labute approximate surface area is 143 Å². The number of amides is 1. The fourth-order valence-electron chi connectivity index (χ4n) is 2.49. The van der Waals surface area contributed by atoms with Gasteiger partial charge in [-0.15, -0.1) is 0 Å². The number of hydrogen-bond acceptors (Lipinski definition) is 4. The quantitative estimate of drug-likeness (QED) is 0.842. The van der Waals surface area contributed by atoms with Gasteiger partial charge in [-0.25, -0.2) is 0 Å². The van der Waals surface area contributed by atoms with Gasteiger partial charge < -0.3 is 19.5 Å². The molecule has 1 atom stereocenters. The number of carbonyl (C=O) groups is 2. The van der Waals surface area contributed by atoms with Gasteiger partial charge in [0, 0.05) is 16.6 Å². The molecule has 2 rings (SSSR count). The van der Waals surface area contributed by atoms with Gasteiger partial charge in [-0.05, 0) is 32.0 Å². The first kappa shape index (κ1) is 17.7. The Balaban J connectivity index is 2.23. The molecule has 7 heteroatoms. The van der Waals surface area contributed by atoms with Crippen LogP contribution in [0.3, 0.4) is 0 Å². The van der Waals surface area contributed by atoms with E-state index in [4.69, 9.17) is 14.6 Å². The van der Waals surface area contributed by atoms with Crippen LogP contribution in [0.25, 0.3) is 0 Å². The molecule has 1 aliphatic rings. The van der Waals surface area contributed by atoms with Crippen LogP contribution in [0, 0.1) is 0 Å². The fraction of sp³-hybridized carbons (Fsp3) is 0.500. The molecule has 1 amide bonds. The zero-order valence-corrected chi connectivity index (χ0v) is 14.7. The predicted molar refractivity (Wildman–Crippen MR) is 87.8 cm³/mol. The van der Waals surface area contributed by atoms with Crippen LogP contribution in [0.1, 0.15) is 30.6 Å². The van der Waals surface area contributed by atoms with E-state index >= 15 is 0 Å². The van der Waals surface area contributed by atoms with Gasteiger partial charge in [0.15, 0.2) is 0 Å². The molecule has 1 aliphatic heterocycles. The summed E-state index contributed by atoms with van der Waals surface area (Å²) in [5.74, 6) is -0.563. The fourth-order valence-corrected chi connectivity index (χ4v) is 2.96. The summed E-state index contributed by atoms with van der Waals surface area (Å²) in [5, 5.41) is 9.00. The van der Waals surface area contributed by atoms with Gasteiger partial charge in [0.2, 0.25) is 0 Å². The van der Waals surface area contributed by atoms with Crippen LogP contribution < -0.4 is 4.74 Å². The molecular weight excluding hydrogens is 366 g/mol. The molecule has 0 bridgehead atoms. The van der Waals surface area contributed by atoms with Crippen molar-refractivity contribution in [1.82, 2.24) is 4.90 Å². The summed E-state index contributed by atoms with van der Waals surface area (Å²) in [5.41, 5.74) is 0.465. The highest BCUT2D eigenvalue weighted by Gasteiger charge is 2.30. The number of aliphatic carboxylic acids is 1. The summed E-state index contributed by atoms with van der Waals surface area (Å²) in [6, 6.07) is 4.73. The van der Waals surface area contributed by atoms with Crippen molar-refractivity contribution in [2.45, 2.75) is 32.4 Å². The van der Waals surface area contributed by atoms with Gasteiger partial charge in [0.1, 0.15) is 5.75 Å². The predicted octanol–water partition coefficient (Wildman–Crippen LogP) is 2.55. The zero-order valence-electron chi connectivity index (χ0n) is 13.1. The summed E-state index contributed by atoms with van der Waals surface area (Å²) < 4.78 is 11.7. The normalized spacial score (nSPS) is 18.1. The first-order valence-electron chi connectivity index (χ1n) is 7.44. The first-order chi connectivity index (χ1) is 10.9. The van der Waals surface area contributed by atoms with Crippen LogP contribution in [0.2, 0.25) is 0 Å². The standard InChI is InChI=1S/C16H20BrNO5/c1-10(2)23-14-6-11(5-12(17)7-14)16(21)18-3-4-22-9-13(18)8-15(19)20/h5-7,10,13H,3-4,8-9H2,1-2H3,(H,19,20). The number of nitrogens with zero attached hydrogens (tertiary/aromatic N) is 1. The molecule has 0 spiro atoms. The van der Waals surface area contributed by atoms with E-state index in [2.05, 4.69) is 15.9 Å². The molecule has 1 aromatic carbocycles. The van der Waals surface area contributed by atoms with Crippen LogP contribution in [-0.4, -0.2) is 53.8 Å². The molecule has 23 heavy (non-hydrogen) atoms. The number of benzene rings is 1. The number of rotatable bonds is 5. The van der Waals surface area contributed by atoms with E-state index in [1.165, 1.54) is 0 Å². The Kier molecular flexibility index (Phi) is 6.01. The maximum atomic E-state index is 12.8. The minimum absolute atomic E-state index is 0.00426. The number of carboxylic acids is 1. The van der Waals surface area contributed by atoms with Crippen LogP contribution in [0.5, 0.6) is 5.75 Å². The second-order valence-corrected chi connectivity index (χ2v) is 6.58. The molecule has 1 N–H and O–H groups in total. The maximum Gasteiger partial charge on any atom is 0.305 e. The zero-order chi connectivity index (χ0) is 17.0. The van der Waals surface area contributed by atoms with Crippen molar-refractivity contribution in [3.8, 4) is 5.75 Å². The lowest BCUT2D eigenvalue weighted by atomic mass is 10.1.